The first-order valence-corrected chi connectivity index (χ1v) is 6.58. The third-order valence-corrected chi connectivity index (χ3v) is 3.28. The highest BCUT2D eigenvalue weighted by molar-refractivity contribution is 6.10. The molecule has 0 bridgehead atoms. The smallest absolute Gasteiger partial charge is 0.311 e. The van der Waals surface area contributed by atoms with Crippen LogP contribution in [0.5, 0.6) is 11.5 Å². The van der Waals surface area contributed by atoms with Crippen molar-refractivity contribution in [3.05, 3.63) is 67.8 Å². The molecule has 0 heterocycles. The van der Waals surface area contributed by atoms with Gasteiger partial charge in [0, 0.05) is 23.3 Å². The fourth-order valence-corrected chi connectivity index (χ4v) is 2.11. The number of carbonyl (C=O) groups excluding carboxylic acids is 1. The fourth-order valence-electron chi connectivity index (χ4n) is 2.11. The van der Waals surface area contributed by atoms with E-state index >= 15 is 0 Å². The molecule has 0 saturated heterocycles. The Morgan fingerprint density at radius 1 is 0.833 bits per heavy atom. The third-order valence-electron chi connectivity index (χ3n) is 3.28. The molecule has 0 atom stereocenters. The summed E-state index contributed by atoms with van der Waals surface area (Å²) in [5, 5.41) is 22.1. The van der Waals surface area contributed by atoms with Crippen molar-refractivity contribution >= 4 is 17.2 Å². The van der Waals surface area contributed by atoms with Crippen molar-refractivity contribution in [2.45, 2.75) is 0 Å². The van der Waals surface area contributed by atoms with Gasteiger partial charge in [0.2, 0.25) is 0 Å². The molecule has 0 aromatic heterocycles. The van der Waals surface area contributed by atoms with Gasteiger partial charge in [-0.1, -0.05) is 0 Å². The number of carbonyl (C=O) groups is 1. The average Bonchev–Trinajstić information content (AvgIpc) is 2.59. The van der Waals surface area contributed by atoms with Crippen molar-refractivity contribution in [1.82, 2.24) is 0 Å². The summed E-state index contributed by atoms with van der Waals surface area (Å²) >= 11 is 0. The van der Waals surface area contributed by atoms with E-state index < -0.39 is 15.6 Å². The van der Waals surface area contributed by atoms with E-state index in [9.17, 15) is 25.0 Å². The van der Waals surface area contributed by atoms with Crippen molar-refractivity contribution in [3.63, 3.8) is 0 Å². The second-order valence-corrected chi connectivity index (χ2v) is 4.62. The van der Waals surface area contributed by atoms with Crippen LogP contribution in [-0.2, 0) is 0 Å². The highest BCUT2D eigenvalue weighted by Crippen LogP contribution is 2.31. The first kappa shape index (κ1) is 16.9. The predicted molar refractivity (Wildman–Crippen MR) is 82.7 cm³/mol. The number of ether oxygens (including phenoxy) is 2. The van der Waals surface area contributed by atoms with Crippen molar-refractivity contribution in [2.24, 2.45) is 0 Å². The van der Waals surface area contributed by atoms with Crippen LogP contribution in [0.15, 0.2) is 36.4 Å². The molecule has 124 valence electrons. The number of nitrogens with zero attached hydrogens (tertiary/aromatic N) is 2. The minimum atomic E-state index is -0.675. The van der Waals surface area contributed by atoms with Crippen molar-refractivity contribution in [2.75, 3.05) is 14.2 Å². The van der Waals surface area contributed by atoms with Crippen LogP contribution in [0.4, 0.5) is 11.4 Å². The maximum absolute atomic E-state index is 12.5. The van der Waals surface area contributed by atoms with E-state index in [1.54, 1.807) is 0 Å². The lowest BCUT2D eigenvalue weighted by Gasteiger charge is -2.06. The zero-order valence-corrected chi connectivity index (χ0v) is 12.7. The Balaban J connectivity index is 2.49. The monoisotopic (exact) mass is 332 g/mol. The minimum Gasteiger partial charge on any atom is -0.490 e. The van der Waals surface area contributed by atoms with Crippen LogP contribution in [-0.4, -0.2) is 29.8 Å². The van der Waals surface area contributed by atoms with Crippen LogP contribution < -0.4 is 9.47 Å². The highest BCUT2D eigenvalue weighted by Gasteiger charge is 2.22. The van der Waals surface area contributed by atoms with E-state index in [4.69, 9.17) is 9.47 Å². The van der Waals surface area contributed by atoms with Crippen molar-refractivity contribution in [1.29, 1.82) is 0 Å². The molecule has 2 aromatic carbocycles. The van der Waals surface area contributed by atoms with E-state index in [2.05, 4.69) is 0 Å². The van der Waals surface area contributed by atoms with Gasteiger partial charge >= 0.3 is 11.4 Å². The Bertz CT molecular complexity index is 765. The van der Waals surface area contributed by atoms with Gasteiger partial charge in [-0.15, -0.1) is 0 Å². The number of nitro groups is 2. The first-order valence-electron chi connectivity index (χ1n) is 6.58. The summed E-state index contributed by atoms with van der Waals surface area (Å²) in [5.41, 5.74) is -0.707. The Kier molecular flexibility index (Phi) is 4.73. The lowest BCUT2D eigenvalue weighted by Crippen LogP contribution is -2.04. The molecular weight excluding hydrogens is 320 g/mol. The summed E-state index contributed by atoms with van der Waals surface area (Å²) in [6.45, 7) is 0. The van der Waals surface area contributed by atoms with Gasteiger partial charge in [0.1, 0.15) is 0 Å². The van der Waals surface area contributed by atoms with E-state index in [1.807, 2.05) is 0 Å². The van der Waals surface area contributed by atoms with Crippen LogP contribution in [0.2, 0.25) is 0 Å². The van der Waals surface area contributed by atoms with Crippen LogP contribution in [0.1, 0.15) is 15.9 Å². The Morgan fingerprint density at radius 3 is 1.50 bits per heavy atom. The molecule has 0 unspecified atom stereocenters. The molecule has 0 N–H and O–H groups in total. The van der Waals surface area contributed by atoms with Gasteiger partial charge < -0.3 is 9.47 Å². The van der Waals surface area contributed by atoms with Crippen LogP contribution in [0.3, 0.4) is 0 Å². The van der Waals surface area contributed by atoms with Gasteiger partial charge in [-0.05, 0) is 24.3 Å². The molecule has 9 nitrogen and oxygen atoms in total. The number of methoxy groups -OCH3 is 2. The fraction of sp³-hybridized carbons (Fsp3) is 0.133. The van der Waals surface area contributed by atoms with Gasteiger partial charge in [-0.25, -0.2) is 0 Å². The topological polar surface area (TPSA) is 122 Å². The highest BCUT2D eigenvalue weighted by atomic mass is 16.6. The molecule has 9 heteroatoms. The summed E-state index contributed by atoms with van der Waals surface area (Å²) in [5.74, 6) is -0.568. The quantitative estimate of drug-likeness (QED) is 0.453. The van der Waals surface area contributed by atoms with Crippen molar-refractivity contribution < 1.29 is 24.1 Å². The molecule has 2 aromatic rings. The predicted octanol–water partition coefficient (Wildman–Crippen LogP) is 2.75. The van der Waals surface area contributed by atoms with E-state index in [0.29, 0.717) is 0 Å². The molecule has 0 spiro atoms. The van der Waals surface area contributed by atoms with Crippen LogP contribution >= 0.6 is 0 Å². The van der Waals surface area contributed by atoms with Gasteiger partial charge in [0.05, 0.1) is 24.1 Å². The second-order valence-electron chi connectivity index (χ2n) is 4.62. The molecule has 0 aliphatic carbocycles. The standard InChI is InChI=1S/C15H12N2O7/c1-23-13-5-3-9(7-11(13)16(19)20)15(18)10-4-6-14(24-2)12(8-10)17(21)22/h3-8H,1-2H3. The van der Waals surface area contributed by atoms with Gasteiger partial charge in [-0.2, -0.15) is 0 Å². The molecule has 0 amide bonds. The Morgan fingerprint density at radius 2 is 1.21 bits per heavy atom. The third kappa shape index (κ3) is 3.14. The molecule has 2 rings (SSSR count). The molecule has 24 heavy (non-hydrogen) atoms. The summed E-state index contributed by atoms with van der Waals surface area (Å²) in [4.78, 5) is 33.2. The van der Waals surface area contributed by atoms with Gasteiger partial charge in [0.15, 0.2) is 17.3 Å². The SMILES string of the molecule is COc1ccc(C(=O)c2ccc(OC)c([N+](=O)[O-])c2)cc1[N+](=O)[O-]. The van der Waals surface area contributed by atoms with Crippen LogP contribution in [0.25, 0.3) is 0 Å². The number of hydrogen-bond acceptors (Lipinski definition) is 7. The minimum absolute atomic E-state index is 0.0114. The maximum atomic E-state index is 12.5. The van der Waals surface area contributed by atoms with E-state index in [0.717, 1.165) is 12.1 Å². The number of rotatable bonds is 6. The number of benzene rings is 2. The first-order chi connectivity index (χ1) is 11.4. The summed E-state index contributed by atoms with van der Waals surface area (Å²) in [6, 6.07) is 7.43. The molecular formula is C15H12N2O7. The zero-order valence-electron chi connectivity index (χ0n) is 12.7. The van der Waals surface area contributed by atoms with E-state index in [1.165, 1.54) is 38.5 Å². The molecule has 0 saturated carbocycles. The Labute approximate surface area is 135 Å². The number of nitro benzene ring substituents is 2. The lowest BCUT2D eigenvalue weighted by atomic mass is 10.0. The second kappa shape index (κ2) is 6.73. The molecule has 0 fully saturated rings. The summed E-state index contributed by atoms with van der Waals surface area (Å²) in [6.07, 6.45) is 0. The van der Waals surface area contributed by atoms with E-state index in [-0.39, 0.29) is 34.0 Å². The summed E-state index contributed by atoms with van der Waals surface area (Å²) in [7, 11) is 2.55. The zero-order chi connectivity index (χ0) is 17.9. The molecule has 0 radical (unpaired) electrons. The number of ketones is 1. The maximum Gasteiger partial charge on any atom is 0.311 e. The normalized spacial score (nSPS) is 10.1. The largest absolute Gasteiger partial charge is 0.490 e. The molecule has 0 aliphatic rings. The Hall–Kier alpha value is -3.49. The number of hydrogen-bond donors (Lipinski definition) is 0. The molecule has 0 aliphatic heterocycles. The van der Waals surface area contributed by atoms with Gasteiger partial charge in [0.25, 0.3) is 0 Å². The van der Waals surface area contributed by atoms with Crippen LogP contribution in [0, 0.1) is 20.2 Å². The van der Waals surface area contributed by atoms with Crippen molar-refractivity contribution in [3.8, 4) is 11.5 Å². The van der Waals surface area contributed by atoms with Gasteiger partial charge in [-0.3, -0.25) is 25.0 Å². The summed E-state index contributed by atoms with van der Waals surface area (Å²) < 4.78 is 9.74. The lowest BCUT2D eigenvalue weighted by molar-refractivity contribution is -0.385. The average molecular weight is 332 g/mol.